The second kappa shape index (κ2) is 12.6. The van der Waals surface area contributed by atoms with Gasteiger partial charge in [0.25, 0.3) is 0 Å². The molecule has 0 aliphatic rings. The largest absolute Gasteiger partial charge is 0.309 e. The first-order chi connectivity index (χ1) is 27.3. The van der Waals surface area contributed by atoms with Crippen LogP contribution in [0, 0.1) is 0 Å². The topological polar surface area (TPSA) is 43.6 Å². The molecule has 0 bridgehead atoms. The first kappa shape index (κ1) is 31.1. The molecule has 0 saturated heterocycles. The van der Waals surface area contributed by atoms with E-state index >= 15 is 0 Å². The maximum atomic E-state index is 5.35. The molecule has 256 valence electrons. The van der Waals surface area contributed by atoms with Crippen LogP contribution in [-0.4, -0.2) is 19.5 Å². The zero-order valence-corrected chi connectivity index (χ0v) is 29.8. The molecule has 0 spiro atoms. The lowest BCUT2D eigenvalue weighted by molar-refractivity contribution is 1.07. The van der Waals surface area contributed by atoms with Gasteiger partial charge >= 0.3 is 0 Å². The van der Waals surface area contributed by atoms with Gasteiger partial charge in [-0.05, 0) is 73.8 Å². The molecule has 2 heterocycles. The summed E-state index contributed by atoms with van der Waals surface area (Å²) >= 11 is 0. The fourth-order valence-corrected chi connectivity index (χ4v) is 8.38. The molecule has 0 N–H and O–H groups in total. The number of rotatable bonds is 5. The third-order valence-electron chi connectivity index (χ3n) is 10.9. The maximum absolute atomic E-state index is 5.35. The van der Waals surface area contributed by atoms with Crippen molar-refractivity contribution in [2.75, 3.05) is 0 Å². The Bertz CT molecular complexity index is 3180. The highest BCUT2D eigenvalue weighted by atomic mass is 15.1. The van der Waals surface area contributed by atoms with Gasteiger partial charge in [-0.25, -0.2) is 15.0 Å². The van der Waals surface area contributed by atoms with Crippen LogP contribution in [0.25, 0.3) is 105 Å². The number of hydrogen-bond acceptors (Lipinski definition) is 3. The number of benzene rings is 9. The van der Waals surface area contributed by atoms with Crippen LogP contribution in [0.5, 0.6) is 0 Å². The molecule has 0 saturated carbocycles. The van der Waals surface area contributed by atoms with E-state index in [0.29, 0.717) is 17.5 Å². The van der Waals surface area contributed by atoms with E-state index in [4.69, 9.17) is 15.0 Å². The van der Waals surface area contributed by atoms with Crippen LogP contribution in [0.3, 0.4) is 0 Å². The lowest BCUT2D eigenvalue weighted by Gasteiger charge is -2.16. The fraction of sp³-hybridized carbons (Fsp3) is 0. The molecular formula is C51H32N4. The highest BCUT2D eigenvalue weighted by Gasteiger charge is 2.20. The van der Waals surface area contributed by atoms with Gasteiger partial charge in [0.2, 0.25) is 0 Å². The SMILES string of the molecule is c1ccc(-c2ccccc2-c2nc(-c3ccc4c5ccccc5c5ccccc5c4c3)nc(-c3ccccc3-n3c4ccccc4c4ccccc43)n2)cc1. The summed E-state index contributed by atoms with van der Waals surface area (Å²) in [5.41, 5.74) is 8.26. The fourth-order valence-electron chi connectivity index (χ4n) is 8.38. The van der Waals surface area contributed by atoms with Crippen LogP contribution < -0.4 is 0 Å². The Balaban J connectivity index is 1.20. The third-order valence-corrected chi connectivity index (χ3v) is 10.9. The van der Waals surface area contributed by atoms with E-state index in [1.165, 1.54) is 43.1 Å². The van der Waals surface area contributed by atoms with Crippen molar-refractivity contribution in [1.82, 2.24) is 19.5 Å². The van der Waals surface area contributed by atoms with E-state index in [-0.39, 0.29) is 0 Å². The van der Waals surface area contributed by atoms with Crippen LogP contribution in [0.1, 0.15) is 0 Å². The van der Waals surface area contributed by atoms with Crippen LogP contribution in [-0.2, 0) is 0 Å². The molecule has 11 aromatic rings. The van der Waals surface area contributed by atoms with Gasteiger partial charge < -0.3 is 4.57 Å². The van der Waals surface area contributed by atoms with Crippen molar-refractivity contribution in [1.29, 1.82) is 0 Å². The first-order valence-corrected chi connectivity index (χ1v) is 18.6. The summed E-state index contributed by atoms with van der Waals surface area (Å²) in [6.45, 7) is 0. The van der Waals surface area contributed by atoms with Gasteiger partial charge in [-0.1, -0.05) is 164 Å². The van der Waals surface area contributed by atoms with Gasteiger partial charge in [-0.15, -0.1) is 0 Å². The van der Waals surface area contributed by atoms with Gasteiger partial charge in [0.05, 0.1) is 16.7 Å². The summed E-state index contributed by atoms with van der Waals surface area (Å²) in [4.78, 5) is 16.0. The molecule has 0 unspecified atom stereocenters. The second-order valence-electron chi connectivity index (χ2n) is 14.0. The maximum Gasteiger partial charge on any atom is 0.166 e. The Hall–Kier alpha value is -7.43. The Morgan fingerprint density at radius 1 is 0.273 bits per heavy atom. The third kappa shape index (κ3) is 5.03. The molecule has 4 heteroatoms. The van der Waals surface area contributed by atoms with Crippen molar-refractivity contribution in [2.24, 2.45) is 0 Å². The summed E-state index contributed by atoms with van der Waals surface area (Å²) in [5.74, 6) is 1.86. The summed E-state index contributed by atoms with van der Waals surface area (Å²) in [6.07, 6.45) is 0. The lowest BCUT2D eigenvalue weighted by Crippen LogP contribution is -2.04. The van der Waals surface area contributed by atoms with E-state index in [9.17, 15) is 0 Å². The lowest BCUT2D eigenvalue weighted by atomic mass is 9.93. The van der Waals surface area contributed by atoms with Crippen molar-refractivity contribution in [2.45, 2.75) is 0 Å². The van der Waals surface area contributed by atoms with E-state index in [1.807, 2.05) is 6.07 Å². The number of aromatic nitrogens is 4. The molecule has 0 aliphatic carbocycles. The minimum absolute atomic E-state index is 0.615. The average molecular weight is 701 g/mol. The summed E-state index contributed by atoms with van der Waals surface area (Å²) in [7, 11) is 0. The molecule has 55 heavy (non-hydrogen) atoms. The number of nitrogens with zero attached hydrogens (tertiary/aromatic N) is 4. The molecular weight excluding hydrogens is 669 g/mol. The van der Waals surface area contributed by atoms with Crippen molar-refractivity contribution in [3.05, 3.63) is 194 Å². The van der Waals surface area contributed by atoms with Crippen molar-refractivity contribution in [3.8, 4) is 51.0 Å². The Labute approximate surface area is 317 Å². The molecule has 0 amide bonds. The quantitative estimate of drug-likeness (QED) is 0.168. The van der Waals surface area contributed by atoms with Crippen LogP contribution in [0.2, 0.25) is 0 Å². The van der Waals surface area contributed by atoms with Gasteiger partial charge in [0.15, 0.2) is 17.5 Å². The molecule has 0 aliphatic heterocycles. The molecule has 0 radical (unpaired) electrons. The number of para-hydroxylation sites is 3. The Morgan fingerprint density at radius 3 is 1.35 bits per heavy atom. The predicted molar refractivity (Wildman–Crippen MR) is 228 cm³/mol. The Morgan fingerprint density at radius 2 is 0.709 bits per heavy atom. The minimum atomic E-state index is 0.615. The van der Waals surface area contributed by atoms with E-state index < -0.39 is 0 Å². The van der Waals surface area contributed by atoms with Crippen molar-refractivity contribution >= 4 is 54.1 Å². The summed E-state index contributed by atoms with van der Waals surface area (Å²) in [5, 5.41) is 9.72. The molecule has 4 nitrogen and oxygen atoms in total. The Kier molecular flexibility index (Phi) is 7.14. The standard InChI is InChI=1S/C51H32N4/c1-2-16-33(17-3-1)35-18-4-9-25-43(35)50-52-49(34-30-31-40-38-21-6-5-19-36(38)37-20-7-8-22-39(37)45(40)32-34)53-51(54-50)44-26-12-15-29-48(44)55-46-27-13-10-23-41(46)42-24-11-14-28-47(42)55/h1-32H. The van der Waals surface area contributed by atoms with Gasteiger partial charge in [-0.3, -0.25) is 0 Å². The number of hydrogen-bond donors (Lipinski definition) is 0. The van der Waals surface area contributed by atoms with Crippen molar-refractivity contribution < 1.29 is 0 Å². The van der Waals surface area contributed by atoms with Crippen LogP contribution >= 0.6 is 0 Å². The molecule has 0 fully saturated rings. The average Bonchev–Trinajstić information content (AvgIpc) is 3.61. The predicted octanol–water partition coefficient (Wildman–Crippen LogP) is 13.1. The second-order valence-corrected chi connectivity index (χ2v) is 14.0. The number of fused-ring (bicyclic) bond motifs is 9. The van der Waals surface area contributed by atoms with Gasteiger partial charge in [0.1, 0.15) is 0 Å². The van der Waals surface area contributed by atoms with Crippen molar-refractivity contribution in [3.63, 3.8) is 0 Å². The van der Waals surface area contributed by atoms with E-state index in [2.05, 4.69) is 193 Å². The monoisotopic (exact) mass is 700 g/mol. The normalized spacial score (nSPS) is 11.6. The molecule has 0 atom stereocenters. The zero-order valence-electron chi connectivity index (χ0n) is 29.8. The molecule has 11 rings (SSSR count). The van der Waals surface area contributed by atoms with E-state index in [1.54, 1.807) is 0 Å². The zero-order chi connectivity index (χ0) is 36.3. The minimum Gasteiger partial charge on any atom is -0.309 e. The molecule has 9 aromatic carbocycles. The van der Waals surface area contributed by atoms with Crippen LogP contribution in [0.15, 0.2) is 194 Å². The van der Waals surface area contributed by atoms with Crippen LogP contribution in [0.4, 0.5) is 0 Å². The van der Waals surface area contributed by atoms with Gasteiger partial charge in [0, 0.05) is 27.5 Å². The molecule has 2 aromatic heterocycles. The summed E-state index contributed by atoms with van der Waals surface area (Å²) in [6, 6.07) is 68.5. The first-order valence-electron chi connectivity index (χ1n) is 18.6. The smallest absolute Gasteiger partial charge is 0.166 e. The van der Waals surface area contributed by atoms with Gasteiger partial charge in [-0.2, -0.15) is 0 Å². The highest BCUT2D eigenvalue weighted by Crippen LogP contribution is 2.40. The summed E-state index contributed by atoms with van der Waals surface area (Å²) < 4.78 is 2.34. The highest BCUT2D eigenvalue weighted by molar-refractivity contribution is 6.25. The van der Waals surface area contributed by atoms with E-state index in [0.717, 1.165) is 44.5 Å².